The third-order valence-electron chi connectivity index (χ3n) is 2.19. The van der Waals surface area contributed by atoms with Gasteiger partial charge in [-0.1, -0.05) is 6.58 Å². The van der Waals surface area contributed by atoms with Gasteiger partial charge in [-0.15, -0.1) is 0 Å². The van der Waals surface area contributed by atoms with Crippen molar-refractivity contribution in [2.45, 2.75) is 6.92 Å². The van der Waals surface area contributed by atoms with Gasteiger partial charge in [0.05, 0.1) is 11.9 Å². The average molecular weight is 212 g/mol. The van der Waals surface area contributed by atoms with Crippen LogP contribution < -0.4 is 5.73 Å². The fraction of sp³-hybridized carbons (Fsp3) is 0.0833. The van der Waals surface area contributed by atoms with E-state index in [0.717, 1.165) is 16.8 Å². The molecule has 0 saturated carbocycles. The van der Waals surface area contributed by atoms with E-state index in [-0.39, 0.29) is 0 Å². The average Bonchev–Trinajstić information content (AvgIpc) is 2.29. The Morgan fingerprint density at radius 2 is 2.12 bits per heavy atom. The molecule has 2 heterocycles. The zero-order valence-electron chi connectivity index (χ0n) is 9.01. The summed E-state index contributed by atoms with van der Waals surface area (Å²) in [4.78, 5) is 12.5. The Bertz CT molecular complexity index is 534. The van der Waals surface area contributed by atoms with Crippen LogP contribution in [0.25, 0.3) is 17.3 Å². The minimum atomic E-state index is 0.388. The van der Waals surface area contributed by atoms with Crippen molar-refractivity contribution in [3.8, 4) is 11.3 Å². The number of nitrogens with zero attached hydrogens (tertiary/aromatic N) is 3. The van der Waals surface area contributed by atoms with E-state index in [1.165, 1.54) is 0 Å². The highest BCUT2D eigenvalue weighted by molar-refractivity contribution is 5.63. The van der Waals surface area contributed by atoms with Crippen LogP contribution in [0, 0.1) is 6.92 Å². The van der Waals surface area contributed by atoms with Crippen molar-refractivity contribution in [3.63, 3.8) is 0 Å². The van der Waals surface area contributed by atoms with Gasteiger partial charge in [-0.25, -0.2) is 9.97 Å². The van der Waals surface area contributed by atoms with Gasteiger partial charge >= 0.3 is 0 Å². The first-order valence-corrected chi connectivity index (χ1v) is 4.87. The third kappa shape index (κ3) is 1.91. The molecule has 0 fully saturated rings. The first kappa shape index (κ1) is 10.3. The summed E-state index contributed by atoms with van der Waals surface area (Å²) in [5.74, 6) is 0.388. The normalized spacial score (nSPS) is 10.1. The van der Waals surface area contributed by atoms with Crippen LogP contribution in [-0.2, 0) is 0 Å². The summed E-state index contributed by atoms with van der Waals surface area (Å²) >= 11 is 0. The monoisotopic (exact) mass is 212 g/mol. The van der Waals surface area contributed by atoms with Gasteiger partial charge in [-0.3, -0.25) is 4.98 Å². The van der Waals surface area contributed by atoms with E-state index in [2.05, 4.69) is 21.5 Å². The molecular formula is C12H12N4. The number of aryl methyl sites for hydroxylation is 1. The SMILES string of the molecule is C=Cc1nc(-c2cncc(C)c2)cnc1N. The molecule has 2 aromatic rings. The Hall–Kier alpha value is -2.23. The molecule has 16 heavy (non-hydrogen) atoms. The molecule has 0 aromatic carbocycles. The molecule has 0 spiro atoms. The van der Waals surface area contributed by atoms with Crippen molar-refractivity contribution in [2.24, 2.45) is 0 Å². The molecule has 2 rings (SSSR count). The van der Waals surface area contributed by atoms with Gasteiger partial charge in [0.25, 0.3) is 0 Å². The van der Waals surface area contributed by atoms with E-state index < -0.39 is 0 Å². The van der Waals surface area contributed by atoms with Crippen LogP contribution in [-0.4, -0.2) is 15.0 Å². The second-order valence-electron chi connectivity index (χ2n) is 3.48. The summed E-state index contributed by atoms with van der Waals surface area (Å²) in [5.41, 5.74) is 9.00. The number of nitrogens with two attached hydrogens (primary N) is 1. The fourth-order valence-electron chi connectivity index (χ4n) is 1.40. The Balaban J connectivity index is 2.52. The summed E-state index contributed by atoms with van der Waals surface area (Å²) in [7, 11) is 0. The van der Waals surface area contributed by atoms with Gasteiger partial charge in [-0.2, -0.15) is 0 Å². The van der Waals surface area contributed by atoms with E-state index in [1.54, 1.807) is 24.7 Å². The van der Waals surface area contributed by atoms with E-state index >= 15 is 0 Å². The number of rotatable bonds is 2. The van der Waals surface area contributed by atoms with Crippen LogP contribution in [0.5, 0.6) is 0 Å². The molecule has 4 nitrogen and oxygen atoms in total. The fourth-order valence-corrected chi connectivity index (χ4v) is 1.40. The van der Waals surface area contributed by atoms with Crippen LogP contribution >= 0.6 is 0 Å². The van der Waals surface area contributed by atoms with Gasteiger partial charge in [0.15, 0.2) is 0 Å². The predicted octanol–water partition coefficient (Wildman–Crippen LogP) is 2.07. The lowest BCUT2D eigenvalue weighted by atomic mass is 10.1. The number of nitrogen functional groups attached to an aromatic ring is 1. The molecule has 0 aliphatic rings. The van der Waals surface area contributed by atoms with Gasteiger partial charge in [0.2, 0.25) is 0 Å². The van der Waals surface area contributed by atoms with Crippen LogP contribution in [0.4, 0.5) is 5.82 Å². The molecule has 80 valence electrons. The molecule has 0 amide bonds. The molecule has 0 aliphatic heterocycles. The molecule has 2 aromatic heterocycles. The second-order valence-corrected chi connectivity index (χ2v) is 3.48. The number of aromatic nitrogens is 3. The number of hydrogen-bond acceptors (Lipinski definition) is 4. The zero-order chi connectivity index (χ0) is 11.5. The summed E-state index contributed by atoms with van der Waals surface area (Å²) in [6.07, 6.45) is 6.77. The van der Waals surface area contributed by atoms with Gasteiger partial charge in [0.1, 0.15) is 11.5 Å². The molecule has 2 N–H and O–H groups in total. The zero-order valence-corrected chi connectivity index (χ0v) is 9.01. The molecule has 4 heteroatoms. The minimum absolute atomic E-state index is 0.388. The second kappa shape index (κ2) is 4.10. The quantitative estimate of drug-likeness (QED) is 0.827. The van der Waals surface area contributed by atoms with Gasteiger partial charge in [0, 0.05) is 18.0 Å². The van der Waals surface area contributed by atoms with Gasteiger partial charge < -0.3 is 5.73 Å². The van der Waals surface area contributed by atoms with Crippen LogP contribution in [0.15, 0.2) is 31.2 Å². The predicted molar refractivity (Wildman–Crippen MR) is 64.5 cm³/mol. The smallest absolute Gasteiger partial charge is 0.149 e. The van der Waals surface area contributed by atoms with Crippen molar-refractivity contribution in [1.82, 2.24) is 15.0 Å². The first-order chi connectivity index (χ1) is 7.70. The molecule has 0 unspecified atom stereocenters. The van der Waals surface area contributed by atoms with Crippen molar-refractivity contribution in [2.75, 3.05) is 5.73 Å². The lowest BCUT2D eigenvalue weighted by molar-refractivity contribution is 1.18. The summed E-state index contributed by atoms with van der Waals surface area (Å²) in [5, 5.41) is 0. The van der Waals surface area contributed by atoms with Gasteiger partial charge in [-0.05, 0) is 24.6 Å². The Morgan fingerprint density at radius 3 is 2.81 bits per heavy atom. The highest BCUT2D eigenvalue weighted by atomic mass is 14.9. The molecule has 0 saturated heterocycles. The summed E-state index contributed by atoms with van der Waals surface area (Å²) in [6.45, 7) is 5.63. The molecule has 0 bridgehead atoms. The van der Waals surface area contributed by atoms with Crippen LogP contribution in [0.3, 0.4) is 0 Å². The van der Waals surface area contributed by atoms with E-state index in [9.17, 15) is 0 Å². The number of hydrogen-bond donors (Lipinski definition) is 1. The van der Waals surface area contributed by atoms with Crippen molar-refractivity contribution in [3.05, 3.63) is 42.5 Å². The summed E-state index contributed by atoms with van der Waals surface area (Å²) < 4.78 is 0. The Kier molecular flexibility index (Phi) is 2.64. The van der Waals surface area contributed by atoms with E-state index in [4.69, 9.17) is 5.73 Å². The highest BCUT2D eigenvalue weighted by Gasteiger charge is 2.04. The lowest BCUT2D eigenvalue weighted by Crippen LogP contribution is -1.98. The first-order valence-electron chi connectivity index (χ1n) is 4.87. The molecule has 0 aliphatic carbocycles. The maximum atomic E-state index is 5.65. The van der Waals surface area contributed by atoms with Crippen LogP contribution in [0.1, 0.15) is 11.3 Å². The topological polar surface area (TPSA) is 64.7 Å². The van der Waals surface area contributed by atoms with E-state index in [0.29, 0.717) is 11.5 Å². The Morgan fingerprint density at radius 1 is 1.31 bits per heavy atom. The van der Waals surface area contributed by atoms with Crippen molar-refractivity contribution >= 4 is 11.9 Å². The van der Waals surface area contributed by atoms with Crippen molar-refractivity contribution in [1.29, 1.82) is 0 Å². The molecule has 0 radical (unpaired) electrons. The lowest BCUT2D eigenvalue weighted by Gasteiger charge is -2.04. The Labute approximate surface area is 93.9 Å². The summed E-state index contributed by atoms with van der Waals surface area (Å²) in [6, 6.07) is 2.00. The largest absolute Gasteiger partial charge is 0.382 e. The highest BCUT2D eigenvalue weighted by Crippen LogP contribution is 2.18. The third-order valence-corrected chi connectivity index (χ3v) is 2.19. The molecular weight excluding hydrogens is 200 g/mol. The maximum absolute atomic E-state index is 5.65. The minimum Gasteiger partial charge on any atom is -0.382 e. The molecule has 0 atom stereocenters. The standard InChI is InChI=1S/C12H12N4/c1-3-10-12(13)15-7-11(16-10)9-4-8(2)5-14-6-9/h3-7H,1H2,2H3,(H2,13,15). The van der Waals surface area contributed by atoms with E-state index in [1.807, 2.05) is 13.0 Å². The van der Waals surface area contributed by atoms with Crippen molar-refractivity contribution < 1.29 is 0 Å². The maximum Gasteiger partial charge on any atom is 0.149 e. The van der Waals surface area contributed by atoms with Crippen LogP contribution in [0.2, 0.25) is 0 Å². The number of anilines is 1. The number of pyridine rings is 1.